The van der Waals surface area contributed by atoms with Crippen molar-refractivity contribution in [1.29, 1.82) is 0 Å². The third-order valence-electron chi connectivity index (χ3n) is 4.33. The second-order valence-electron chi connectivity index (χ2n) is 6.36. The smallest absolute Gasteiger partial charge is 0.454 e. The zero-order valence-electron chi connectivity index (χ0n) is 15.1. The number of anilines is 1. The number of alkyl halides is 3. The largest absolute Gasteiger partial charge is 0.573 e. The summed E-state index contributed by atoms with van der Waals surface area (Å²) >= 11 is 1.33. The molecule has 0 aliphatic carbocycles. The summed E-state index contributed by atoms with van der Waals surface area (Å²) in [5.74, 6) is 1.12. The molecule has 0 spiro atoms. The highest BCUT2D eigenvalue weighted by molar-refractivity contribution is 7.20. The first-order chi connectivity index (χ1) is 14.4. The Morgan fingerprint density at radius 1 is 1.13 bits per heavy atom. The van der Waals surface area contributed by atoms with Crippen LogP contribution in [0, 0.1) is 0 Å². The van der Waals surface area contributed by atoms with Gasteiger partial charge in [0.15, 0.2) is 11.5 Å². The van der Waals surface area contributed by atoms with Gasteiger partial charge in [-0.05, 0) is 29.8 Å². The van der Waals surface area contributed by atoms with E-state index in [0.717, 1.165) is 5.56 Å². The van der Waals surface area contributed by atoms with Crippen LogP contribution in [0.5, 0.6) is 17.2 Å². The summed E-state index contributed by atoms with van der Waals surface area (Å²) in [5.41, 5.74) is 2.06. The van der Waals surface area contributed by atoms with Crippen LogP contribution < -0.4 is 19.5 Å². The van der Waals surface area contributed by atoms with Crippen molar-refractivity contribution in [2.45, 2.75) is 12.9 Å². The molecule has 154 valence electrons. The molecule has 2 aromatic carbocycles. The monoisotopic (exact) mass is 434 g/mol. The number of fused-ring (bicyclic) bond motifs is 2. The highest BCUT2D eigenvalue weighted by Gasteiger charge is 2.31. The van der Waals surface area contributed by atoms with Crippen molar-refractivity contribution >= 4 is 21.4 Å². The van der Waals surface area contributed by atoms with Gasteiger partial charge in [0.25, 0.3) is 0 Å². The summed E-state index contributed by atoms with van der Waals surface area (Å²) in [7, 11) is 0. The number of halogens is 3. The Labute approximate surface area is 171 Å². The molecule has 0 radical (unpaired) electrons. The average Bonchev–Trinajstić information content (AvgIpc) is 3.40. The maximum absolute atomic E-state index is 12.5. The van der Waals surface area contributed by atoms with E-state index < -0.39 is 6.36 Å². The van der Waals surface area contributed by atoms with Crippen molar-refractivity contribution in [2.24, 2.45) is 0 Å². The molecule has 0 unspecified atom stereocenters. The molecular formula is C19H13F3N4O3S. The lowest BCUT2D eigenvalue weighted by atomic mass is 10.1. The third kappa shape index (κ3) is 3.71. The number of imidazole rings is 1. The van der Waals surface area contributed by atoms with Gasteiger partial charge in [-0.2, -0.15) is 0 Å². The van der Waals surface area contributed by atoms with E-state index in [1.807, 2.05) is 18.2 Å². The first-order valence-electron chi connectivity index (χ1n) is 8.78. The topological polar surface area (TPSA) is 69.9 Å². The minimum atomic E-state index is -4.75. The molecule has 3 heterocycles. The number of nitrogens with zero attached hydrogens (tertiary/aromatic N) is 3. The van der Waals surface area contributed by atoms with Gasteiger partial charge in [-0.15, -0.1) is 18.3 Å². The summed E-state index contributed by atoms with van der Waals surface area (Å²) < 4.78 is 53.7. The van der Waals surface area contributed by atoms with E-state index in [1.54, 1.807) is 16.8 Å². The minimum Gasteiger partial charge on any atom is -0.454 e. The number of hydrogen-bond acceptors (Lipinski definition) is 7. The van der Waals surface area contributed by atoms with Gasteiger partial charge in [-0.25, -0.2) is 9.50 Å². The van der Waals surface area contributed by atoms with Crippen molar-refractivity contribution in [2.75, 3.05) is 12.1 Å². The van der Waals surface area contributed by atoms with Gasteiger partial charge < -0.3 is 19.5 Å². The molecule has 1 aliphatic rings. The maximum atomic E-state index is 12.5. The van der Waals surface area contributed by atoms with Crippen LogP contribution >= 0.6 is 11.3 Å². The van der Waals surface area contributed by atoms with Crippen LogP contribution in [-0.4, -0.2) is 27.8 Å². The molecule has 4 aromatic rings. The van der Waals surface area contributed by atoms with Crippen LogP contribution in [-0.2, 0) is 6.54 Å². The van der Waals surface area contributed by atoms with Gasteiger partial charge in [0.05, 0.1) is 11.9 Å². The number of benzene rings is 2. The Kier molecular flexibility index (Phi) is 4.39. The lowest BCUT2D eigenvalue weighted by Crippen LogP contribution is -2.17. The molecule has 0 saturated heterocycles. The summed E-state index contributed by atoms with van der Waals surface area (Å²) in [5, 5.41) is 8.33. The molecule has 30 heavy (non-hydrogen) atoms. The van der Waals surface area contributed by atoms with Crippen LogP contribution in [0.1, 0.15) is 5.56 Å². The second kappa shape index (κ2) is 7.10. The van der Waals surface area contributed by atoms with Gasteiger partial charge in [-0.3, -0.25) is 0 Å². The predicted molar refractivity (Wildman–Crippen MR) is 103 cm³/mol. The number of nitrogens with one attached hydrogen (secondary N) is 1. The Hall–Kier alpha value is -3.47. The Balaban J connectivity index is 1.36. The number of hydrogen-bond donors (Lipinski definition) is 1. The zero-order valence-corrected chi connectivity index (χ0v) is 16.0. The van der Waals surface area contributed by atoms with Gasteiger partial charge in [0.2, 0.25) is 16.9 Å². The van der Waals surface area contributed by atoms with Crippen molar-refractivity contribution in [3.8, 4) is 28.5 Å². The zero-order chi connectivity index (χ0) is 20.7. The van der Waals surface area contributed by atoms with E-state index in [1.165, 1.54) is 29.5 Å². The van der Waals surface area contributed by atoms with E-state index in [4.69, 9.17) is 9.47 Å². The van der Waals surface area contributed by atoms with Crippen molar-refractivity contribution in [3.05, 3.63) is 54.2 Å². The first-order valence-corrected chi connectivity index (χ1v) is 9.59. The molecule has 2 aromatic heterocycles. The predicted octanol–water partition coefficient (Wildman–Crippen LogP) is 4.70. The summed E-state index contributed by atoms with van der Waals surface area (Å²) in [6.45, 7) is 0.728. The maximum Gasteiger partial charge on any atom is 0.573 e. The molecule has 0 fully saturated rings. The molecule has 5 rings (SSSR count). The number of ether oxygens (including phenoxy) is 3. The fourth-order valence-electron chi connectivity index (χ4n) is 3.04. The highest BCUT2D eigenvalue weighted by atomic mass is 32.1. The minimum absolute atomic E-state index is 0.216. The van der Waals surface area contributed by atoms with Crippen molar-refractivity contribution in [3.63, 3.8) is 0 Å². The van der Waals surface area contributed by atoms with Gasteiger partial charge in [-0.1, -0.05) is 29.5 Å². The Morgan fingerprint density at radius 2 is 2.00 bits per heavy atom. The van der Waals surface area contributed by atoms with Gasteiger partial charge >= 0.3 is 6.36 Å². The number of rotatable bonds is 5. The molecule has 7 nitrogen and oxygen atoms in total. The molecule has 1 aliphatic heterocycles. The summed E-state index contributed by atoms with van der Waals surface area (Å²) in [4.78, 5) is 4.91. The van der Waals surface area contributed by atoms with Gasteiger partial charge in [0.1, 0.15) is 5.75 Å². The SMILES string of the molecule is FC(F)(F)Oc1cccc(-c2cnc3sc(NCc4ccc5c(c4)OCO5)nn23)c1. The van der Waals surface area contributed by atoms with Crippen LogP contribution in [0.25, 0.3) is 16.2 Å². The summed E-state index contributed by atoms with van der Waals surface area (Å²) in [6, 6.07) is 11.4. The first kappa shape index (κ1) is 18.6. The third-order valence-corrected chi connectivity index (χ3v) is 5.21. The molecule has 0 atom stereocenters. The molecular weight excluding hydrogens is 421 g/mol. The molecule has 1 N–H and O–H groups in total. The molecule has 11 heteroatoms. The van der Waals surface area contributed by atoms with Crippen LogP contribution in [0.4, 0.5) is 18.3 Å². The fraction of sp³-hybridized carbons (Fsp3) is 0.158. The lowest BCUT2D eigenvalue weighted by Gasteiger charge is -2.09. The van der Waals surface area contributed by atoms with Crippen molar-refractivity contribution < 1.29 is 27.4 Å². The molecule has 0 bridgehead atoms. The van der Waals surface area contributed by atoms with Crippen LogP contribution in [0.3, 0.4) is 0 Å². The Morgan fingerprint density at radius 3 is 2.87 bits per heavy atom. The standard InChI is InChI=1S/C19H13F3N4O3S/c20-19(21,22)29-13-3-1-2-12(7-13)14-9-24-18-26(14)25-17(30-18)23-8-11-4-5-15-16(6-11)28-10-27-15/h1-7,9H,8,10H2,(H,23,25). The van der Waals surface area contributed by atoms with Gasteiger partial charge in [0, 0.05) is 12.1 Å². The van der Waals surface area contributed by atoms with E-state index >= 15 is 0 Å². The van der Waals surface area contributed by atoms with Crippen molar-refractivity contribution in [1.82, 2.24) is 14.6 Å². The average molecular weight is 434 g/mol. The molecule has 0 amide bonds. The second-order valence-corrected chi connectivity index (χ2v) is 7.32. The van der Waals surface area contributed by atoms with Crippen LogP contribution in [0.15, 0.2) is 48.7 Å². The number of aromatic nitrogens is 3. The van der Waals surface area contributed by atoms with E-state index in [2.05, 4.69) is 20.1 Å². The van der Waals surface area contributed by atoms with E-state index in [-0.39, 0.29) is 12.5 Å². The molecule has 0 saturated carbocycles. The van der Waals surface area contributed by atoms with E-state index in [0.29, 0.717) is 39.4 Å². The van der Waals surface area contributed by atoms with Crippen LogP contribution in [0.2, 0.25) is 0 Å². The Bertz CT molecular complexity index is 1220. The van der Waals surface area contributed by atoms with E-state index in [9.17, 15) is 13.2 Å². The summed E-state index contributed by atoms with van der Waals surface area (Å²) in [6.07, 6.45) is -3.19. The fourth-order valence-corrected chi connectivity index (χ4v) is 3.81. The highest BCUT2D eigenvalue weighted by Crippen LogP contribution is 2.33. The normalized spacial score (nSPS) is 13.0. The quantitative estimate of drug-likeness (QED) is 0.491. The lowest BCUT2D eigenvalue weighted by molar-refractivity contribution is -0.274.